The molecule has 2 aromatic heterocycles. The fourth-order valence-corrected chi connectivity index (χ4v) is 7.57. The summed E-state index contributed by atoms with van der Waals surface area (Å²) in [7, 11) is 0. The molecule has 5 rings (SSSR count). The summed E-state index contributed by atoms with van der Waals surface area (Å²) in [6, 6.07) is 6.10. The highest BCUT2D eigenvalue weighted by Crippen LogP contribution is 2.41. The van der Waals surface area contributed by atoms with E-state index in [9.17, 15) is 14.7 Å². The van der Waals surface area contributed by atoms with E-state index in [4.69, 9.17) is 4.74 Å². The van der Waals surface area contributed by atoms with Crippen LogP contribution in [0.2, 0.25) is 0 Å². The van der Waals surface area contributed by atoms with Gasteiger partial charge >= 0.3 is 5.97 Å². The van der Waals surface area contributed by atoms with Gasteiger partial charge in [-0.05, 0) is 87.6 Å². The van der Waals surface area contributed by atoms with Gasteiger partial charge in [0.1, 0.15) is 11.0 Å². The van der Waals surface area contributed by atoms with E-state index in [1.54, 1.807) is 0 Å². The third kappa shape index (κ3) is 6.88. The van der Waals surface area contributed by atoms with Crippen molar-refractivity contribution in [2.45, 2.75) is 116 Å². The van der Waals surface area contributed by atoms with E-state index in [0.29, 0.717) is 11.6 Å². The Bertz CT molecular complexity index is 1170. The van der Waals surface area contributed by atoms with Crippen molar-refractivity contribution in [2.75, 3.05) is 18.0 Å². The smallest absolute Gasteiger partial charge is 0.348 e. The molecule has 40 heavy (non-hydrogen) atoms. The highest BCUT2D eigenvalue weighted by molar-refractivity contribution is 7.14. The number of pyridine rings is 1. The number of aromatic carboxylic acids is 1. The highest BCUT2D eigenvalue weighted by Gasteiger charge is 2.38. The summed E-state index contributed by atoms with van der Waals surface area (Å²) >= 11 is 1.32. The number of rotatable bonds is 8. The van der Waals surface area contributed by atoms with Gasteiger partial charge in [0.2, 0.25) is 11.8 Å². The van der Waals surface area contributed by atoms with E-state index in [0.717, 1.165) is 75.9 Å². The zero-order valence-electron chi connectivity index (χ0n) is 24.4. The zero-order valence-corrected chi connectivity index (χ0v) is 25.2. The number of ether oxygens (including phenoxy) is 1. The van der Waals surface area contributed by atoms with Gasteiger partial charge in [0, 0.05) is 35.6 Å². The number of likely N-dealkylation sites (tertiary alicyclic amines) is 1. The first kappa shape index (κ1) is 29.1. The number of carboxylic acid groups (broad SMARTS) is 1. The molecule has 0 aromatic carbocycles. The van der Waals surface area contributed by atoms with Gasteiger partial charge in [-0.1, -0.05) is 40.0 Å². The van der Waals surface area contributed by atoms with Crippen LogP contribution in [0.4, 0.5) is 5.69 Å². The van der Waals surface area contributed by atoms with Crippen LogP contribution in [0.1, 0.15) is 112 Å². The Kier molecular flexibility index (Phi) is 9.15. The molecule has 0 atom stereocenters. The van der Waals surface area contributed by atoms with Gasteiger partial charge in [0.25, 0.3) is 0 Å². The number of amides is 1. The van der Waals surface area contributed by atoms with Gasteiger partial charge < -0.3 is 14.7 Å². The van der Waals surface area contributed by atoms with E-state index in [1.165, 1.54) is 36.2 Å². The molecular weight excluding hydrogens is 522 g/mol. The van der Waals surface area contributed by atoms with Crippen molar-refractivity contribution >= 4 is 28.9 Å². The molecule has 1 saturated heterocycles. The Morgan fingerprint density at radius 3 is 2.38 bits per heavy atom. The Morgan fingerprint density at radius 2 is 1.73 bits per heavy atom. The van der Waals surface area contributed by atoms with Gasteiger partial charge in [0.05, 0.1) is 5.69 Å². The lowest BCUT2D eigenvalue weighted by Gasteiger charge is -2.39. The average Bonchev–Trinajstić information content (AvgIpc) is 3.61. The number of thiophene rings is 1. The van der Waals surface area contributed by atoms with Gasteiger partial charge in [-0.25, -0.2) is 9.78 Å². The number of carboxylic acids is 1. The molecule has 1 aliphatic heterocycles. The second-order valence-electron chi connectivity index (χ2n) is 13.0. The van der Waals surface area contributed by atoms with Crippen LogP contribution in [0.5, 0.6) is 5.88 Å². The number of nitrogens with zero attached hydrogens (tertiary/aromatic N) is 3. The van der Waals surface area contributed by atoms with E-state index in [-0.39, 0.29) is 34.3 Å². The molecule has 218 valence electrons. The monoisotopic (exact) mass is 567 g/mol. The summed E-state index contributed by atoms with van der Waals surface area (Å²) in [5.41, 5.74) is 1.64. The van der Waals surface area contributed by atoms with Crippen molar-refractivity contribution in [2.24, 2.45) is 5.92 Å². The molecule has 3 fully saturated rings. The predicted octanol–water partition coefficient (Wildman–Crippen LogP) is 7.04. The van der Waals surface area contributed by atoms with Crippen LogP contribution in [0.15, 0.2) is 24.4 Å². The van der Waals surface area contributed by atoms with Crippen LogP contribution in [-0.4, -0.2) is 52.1 Å². The number of carbonyl (C=O) groups excluding carboxylic acids is 1. The van der Waals surface area contributed by atoms with Gasteiger partial charge in [0.15, 0.2) is 0 Å². The van der Waals surface area contributed by atoms with Crippen LogP contribution in [0.3, 0.4) is 0 Å². The van der Waals surface area contributed by atoms with Gasteiger partial charge in [-0.3, -0.25) is 9.69 Å². The van der Waals surface area contributed by atoms with Crippen LogP contribution in [0, 0.1) is 5.92 Å². The van der Waals surface area contributed by atoms with Crippen molar-refractivity contribution in [1.82, 2.24) is 9.88 Å². The minimum Gasteiger partial charge on any atom is -0.477 e. The molecule has 0 radical (unpaired) electrons. The summed E-state index contributed by atoms with van der Waals surface area (Å²) in [5.74, 6) is -0.184. The maximum absolute atomic E-state index is 14.1. The fourth-order valence-electron chi connectivity index (χ4n) is 6.53. The van der Waals surface area contributed by atoms with Gasteiger partial charge in [-0.2, -0.15) is 0 Å². The van der Waals surface area contributed by atoms with Crippen LogP contribution in [-0.2, 0) is 16.8 Å². The largest absolute Gasteiger partial charge is 0.477 e. The number of carbonyl (C=O) groups is 2. The Hall–Kier alpha value is -2.45. The lowest BCUT2D eigenvalue weighted by molar-refractivity contribution is -0.124. The Morgan fingerprint density at radius 1 is 1.02 bits per heavy atom. The SMILES string of the molecule is CC(C)(C)c1cc(N(C(=O)C2CCCCC2)[C@H]2CC[C@H](Oc3cc(CN4CCCC4)ccn3)CC2)c(C(=O)O)s1. The molecule has 2 saturated carbocycles. The molecular formula is C32H45N3O4S. The molecule has 8 heteroatoms. The lowest BCUT2D eigenvalue weighted by Crippen LogP contribution is -2.47. The summed E-state index contributed by atoms with van der Waals surface area (Å²) in [5, 5.41) is 10.1. The third-order valence-electron chi connectivity index (χ3n) is 8.80. The number of hydrogen-bond acceptors (Lipinski definition) is 6. The number of aromatic nitrogens is 1. The van der Waals surface area contributed by atoms with Crippen molar-refractivity contribution < 1.29 is 19.4 Å². The van der Waals surface area contributed by atoms with Crippen molar-refractivity contribution in [3.8, 4) is 5.88 Å². The van der Waals surface area contributed by atoms with E-state index >= 15 is 0 Å². The number of hydrogen-bond donors (Lipinski definition) is 1. The summed E-state index contributed by atoms with van der Waals surface area (Å²) < 4.78 is 6.36. The molecule has 2 aliphatic carbocycles. The summed E-state index contributed by atoms with van der Waals surface area (Å²) in [4.78, 5) is 36.6. The zero-order chi connectivity index (χ0) is 28.3. The average molecular weight is 568 g/mol. The Balaban J connectivity index is 1.32. The minimum atomic E-state index is -0.950. The summed E-state index contributed by atoms with van der Waals surface area (Å²) in [6.45, 7) is 9.54. The van der Waals surface area contributed by atoms with Crippen molar-refractivity contribution in [1.29, 1.82) is 0 Å². The maximum atomic E-state index is 14.1. The molecule has 1 amide bonds. The molecule has 3 aliphatic rings. The first-order valence-electron chi connectivity index (χ1n) is 15.2. The molecule has 3 heterocycles. The molecule has 0 spiro atoms. The van der Waals surface area contributed by atoms with E-state index in [2.05, 4.69) is 42.8 Å². The molecule has 0 unspecified atom stereocenters. The molecule has 2 aromatic rings. The maximum Gasteiger partial charge on any atom is 0.348 e. The quantitative estimate of drug-likeness (QED) is 0.368. The third-order valence-corrected chi connectivity index (χ3v) is 10.3. The second-order valence-corrected chi connectivity index (χ2v) is 14.0. The van der Waals surface area contributed by atoms with Crippen molar-refractivity contribution in [3.63, 3.8) is 0 Å². The van der Waals surface area contributed by atoms with E-state index in [1.807, 2.05) is 17.2 Å². The standard InChI is InChI=1S/C32H45N3O4S/c1-32(2,3)27-20-26(29(40-27)31(37)38)35(30(36)23-9-5-4-6-10-23)24-11-13-25(14-12-24)39-28-19-22(15-16-33-28)21-34-17-7-8-18-34/h15-16,19-20,23-25H,4-14,17-18,21H2,1-3H3,(H,37,38)/t24-,25-. The minimum absolute atomic E-state index is 0.0232. The topological polar surface area (TPSA) is 83.0 Å². The summed E-state index contributed by atoms with van der Waals surface area (Å²) in [6.07, 6.45) is 12.7. The molecule has 0 bridgehead atoms. The Labute approximate surface area is 242 Å². The van der Waals surface area contributed by atoms with Gasteiger partial charge in [-0.15, -0.1) is 11.3 Å². The van der Waals surface area contributed by atoms with Crippen molar-refractivity contribution in [3.05, 3.63) is 39.7 Å². The normalized spacial score (nSPS) is 22.8. The first-order chi connectivity index (χ1) is 19.2. The molecule has 7 nitrogen and oxygen atoms in total. The van der Waals surface area contributed by atoms with Crippen LogP contribution >= 0.6 is 11.3 Å². The van der Waals surface area contributed by atoms with Crippen LogP contribution in [0.25, 0.3) is 0 Å². The molecule has 1 N–H and O–H groups in total. The van der Waals surface area contributed by atoms with E-state index < -0.39 is 5.97 Å². The first-order valence-corrected chi connectivity index (χ1v) is 16.1. The van der Waals surface area contributed by atoms with Crippen LogP contribution < -0.4 is 9.64 Å². The number of anilines is 1. The predicted molar refractivity (Wildman–Crippen MR) is 159 cm³/mol. The fraction of sp³-hybridized carbons (Fsp3) is 0.656. The lowest BCUT2D eigenvalue weighted by atomic mass is 9.85. The highest BCUT2D eigenvalue weighted by atomic mass is 32.1. The second kappa shape index (κ2) is 12.6.